The van der Waals surface area contributed by atoms with Crippen LogP contribution in [0.4, 0.5) is 0 Å². The van der Waals surface area contributed by atoms with E-state index in [0.717, 1.165) is 25.7 Å². The maximum absolute atomic E-state index is 12.5. The molecule has 4 nitrogen and oxygen atoms in total. The van der Waals surface area contributed by atoms with Crippen LogP contribution in [-0.4, -0.2) is 37.4 Å². The van der Waals surface area contributed by atoms with E-state index in [0.29, 0.717) is 24.7 Å². The van der Waals surface area contributed by atoms with Crippen LogP contribution < -0.4 is 5.32 Å². The van der Waals surface area contributed by atoms with Gasteiger partial charge in [0, 0.05) is 6.04 Å². The van der Waals surface area contributed by atoms with Gasteiger partial charge in [-0.05, 0) is 44.4 Å². The van der Waals surface area contributed by atoms with Crippen LogP contribution in [0.3, 0.4) is 0 Å². The summed E-state index contributed by atoms with van der Waals surface area (Å²) in [6, 6.07) is 0.488. The Morgan fingerprint density at radius 1 is 1.05 bits per heavy atom. The molecule has 120 valence electrons. The van der Waals surface area contributed by atoms with Gasteiger partial charge in [-0.2, -0.15) is 0 Å². The fraction of sp³-hybridized carbons (Fsp3) is 0.941. The molecule has 3 aliphatic carbocycles. The van der Waals surface area contributed by atoms with E-state index in [4.69, 9.17) is 9.47 Å². The maximum atomic E-state index is 12.5. The predicted octanol–water partition coefficient (Wildman–Crippen LogP) is 2.80. The van der Waals surface area contributed by atoms with Gasteiger partial charge >= 0.3 is 5.97 Å². The van der Waals surface area contributed by atoms with Gasteiger partial charge in [0.05, 0.1) is 19.8 Å². The summed E-state index contributed by atoms with van der Waals surface area (Å²) in [4.78, 5) is 12.5. The second-order valence-corrected chi connectivity index (χ2v) is 7.08. The van der Waals surface area contributed by atoms with E-state index in [9.17, 15) is 4.79 Å². The summed E-state index contributed by atoms with van der Waals surface area (Å²) >= 11 is 0. The van der Waals surface area contributed by atoms with Crippen molar-refractivity contribution in [1.29, 1.82) is 0 Å². The number of hydrogen-bond donors (Lipinski definition) is 1. The molecule has 3 saturated carbocycles. The maximum Gasteiger partial charge on any atom is 0.328 e. The lowest BCUT2D eigenvalue weighted by Gasteiger charge is -2.33. The summed E-state index contributed by atoms with van der Waals surface area (Å²) in [6.45, 7) is 0.492. The second-order valence-electron chi connectivity index (χ2n) is 7.08. The molecule has 0 aromatic heterocycles. The molecule has 3 fully saturated rings. The molecule has 1 N–H and O–H groups in total. The van der Waals surface area contributed by atoms with Crippen LogP contribution in [0.25, 0.3) is 0 Å². The van der Waals surface area contributed by atoms with Crippen LogP contribution in [0.15, 0.2) is 0 Å². The quantitative estimate of drug-likeness (QED) is 0.579. The number of nitrogens with one attached hydrogen (secondary N) is 1. The van der Waals surface area contributed by atoms with E-state index in [1.807, 2.05) is 0 Å². The van der Waals surface area contributed by atoms with Crippen molar-refractivity contribution in [1.82, 2.24) is 5.32 Å². The highest BCUT2D eigenvalue weighted by Crippen LogP contribution is 2.43. The topological polar surface area (TPSA) is 47.6 Å². The zero-order chi connectivity index (χ0) is 14.7. The van der Waals surface area contributed by atoms with Crippen molar-refractivity contribution < 1.29 is 14.3 Å². The molecule has 0 aliphatic heterocycles. The van der Waals surface area contributed by atoms with Crippen LogP contribution in [-0.2, 0) is 14.3 Å². The average molecular weight is 295 g/mol. The monoisotopic (exact) mass is 295 g/mol. The highest BCUT2D eigenvalue weighted by Gasteiger charge is 2.54. The molecule has 1 atom stereocenters. The van der Waals surface area contributed by atoms with E-state index < -0.39 is 5.54 Å². The van der Waals surface area contributed by atoms with Crippen LogP contribution in [0, 0.1) is 5.92 Å². The Hall–Kier alpha value is -0.610. The van der Waals surface area contributed by atoms with E-state index in [2.05, 4.69) is 5.32 Å². The molecule has 0 aromatic carbocycles. The first kappa shape index (κ1) is 15.3. The Kier molecular flexibility index (Phi) is 4.85. The van der Waals surface area contributed by atoms with Crippen molar-refractivity contribution >= 4 is 5.97 Å². The molecule has 0 heterocycles. The number of esters is 1. The molecule has 0 radical (unpaired) electrons. The fourth-order valence-electron chi connectivity index (χ4n) is 3.57. The zero-order valence-corrected chi connectivity index (χ0v) is 13.2. The molecule has 0 saturated heterocycles. The second kappa shape index (κ2) is 6.66. The molecule has 1 unspecified atom stereocenters. The lowest BCUT2D eigenvalue weighted by atomic mass is 9.93. The Balaban J connectivity index is 1.63. The van der Waals surface area contributed by atoms with Gasteiger partial charge in [-0.25, -0.2) is 4.79 Å². The van der Waals surface area contributed by atoms with Gasteiger partial charge in [-0.3, -0.25) is 5.32 Å². The standard InChI is InChI=1S/C17H29NO3/c1-20-16(19)17(13-8-9-13,18-14-10-11-14)12-21-15-6-4-2-3-5-7-15/h13-15,18H,2-12H2,1H3. The first-order chi connectivity index (χ1) is 10.2. The molecule has 0 aromatic rings. The Morgan fingerprint density at radius 2 is 1.71 bits per heavy atom. The third kappa shape index (κ3) is 3.78. The molecule has 0 bridgehead atoms. The summed E-state index contributed by atoms with van der Waals surface area (Å²) in [7, 11) is 1.50. The molecular weight excluding hydrogens is 266 g/mol. The van der Waals surface area contributed by atoms with Gasteiger partial charge in [0.15, 0.2) is 0 Å². The highest BCUT2D eigenvalue weighted by molar-refractivity contribution is 5.82. The van der Waals surface area contributed by atoms with E-state index in [1.165, 1.54) is 45.6 Å². The minimum Gasteiger partial charge on any atom is -0.468 e. The Labute approximate surface area is 127 Å². The summed E-state index contributed by atoms with van der Waals surface area (Å²) in [6.07, 6.45) is 12.4. The molecule has 21 heavy (non-hydrogen) atoms. The SMILES string of the molecule is COC(=O)C(COC1CCCCCC1)(NC1CC1)C1CC1. The van der Waals surface area contributed by atoms with Crippen molar-refractivity contribution in [2.45, 2.75) is 81.9 Å². The van der Waals surface area contributed by atoms with Gasteiger partial charge in [0.1, 0.15) is 5.54 Å². The summed E-state index contributed by atoms with van der Waals surface area (Å²) < 4.78 is 11.3. The van der Waals surface area contributed by atoms with Gasteiger partial charge in [-0.15, -0.1) is 0 Å². The third-order valence-electron chi connectivity index (χ3n) is 5.21. The molecule has 0 spiro atoms. The number of methoxy groups -OCH3 is 1. The third-order valence-corrected chi connectivity index (χ3v) is 5.21. The average Bonchev–Trinajstić information content (AvgIpc) is 3.36. The minimum atomic E-state index is -0.581. The van der Waals surface area contributed by atoms with E-state index >= 15 is 0 Å². The smallest absolute Gasteiger partial charge is 0.328 e. The molecule has 3 rings (SSSR count). The first-order valence-corrected chi connectivity index (χ1v) is 8.72. The number of rotatable bonds is 7. The van der Waals surface area contributed by atoms with Gasteiger partial charge < -0.3 is 9.47 Å². The van der Waals surface area contributed by atoms with Gasteiger partial charge in [0.2, 0.25) is 0 Å². The molecule has 0 amide bonds. The van der Waals surface area contributed by atoms with Gasteiger partial charge in [0.25, 0.3) is 0 Å². The minimum absolute atomic E-state index is 0.120. The molecule has 3 aliphatic rings. The molecule has 4 heteroatoms. The lowest BCUT2D eigenvalue weighted by Crippen LogP contribution is -2.59. The van der Waals surface area contributed by atoms with Gasteiger partial charge in [-0.1, -0.05) is 25.7 Å². The van der Waals surface area contributed by atoms with Crippen LogP contribution in [0.1, 0.15) is 64.2 Å². The normalized spacial score (nSPS) is 26.9. The van der Waals surface area contributed by atoms with E-state index in [1.54, 1.807) is 0 Å². The number of ether oxygens (including phenoxy) is 2. The van der Waals surface area contributed by atoms with Crippen molar-refractivity contribution in [3.05, 3.63) is 0 Å². The highest BCUT2D eigenvalue weighted by atomic mass is 16.5. The zero-order valence-electron chi connectivity index (χ0n) is 13.2. The van der Waals surface area contributed by atoms with Crippen molar-refractivity contribution in [2.75, 3.05) is 13.7 Å². The summed E-state index contributed by atoms with van der Waals surface area (Å²) in [5.74, 6) is 0.279. The fourth-order valence-corrected chi connectivity index (χ4v) is 3.57. The van der Waals surface area contributed by atoms with E-state index in [-0.39, 0.29) is 5.97 Å². The number of carbonyl (C=O) groups is 1. The van der Waals surface area contributed by atoms with Crippen LogP contribution in [0.5, 0.6) is 0 Å². The molecular formula is C17H29NO3. The predicted molar refractivity (Wildman–Crippen MR) is 81.1 cm³/mol. The summed E-state index contributed by atoms with van der Waals surface area (Å²) in [5.41, 5.74) is -0.581. The van der Waals surface area contributed by atoms with Crippen LogP contribution >= 0.6 is 0 Å². The van der Waals surface area contributed by atoms with Crippen molar-refractivity contribution in [3.63, 3.8) is 0 Å². The Bertz CT molecular complexity index is 357. The lowest BCUT2D eigenvalue weighted by molar-refractivity contribution is -0.154. The van der Waals surface area contributed by atoms with Crippen molar-refractivity contribution in [2.24, 2.45) is 5.92 Å². The van der Waals surface area contributed by atoms with Crippen LogP contribution in [0.2, 0.25) is 0 Å². The summed E-state index contributed by atoms with van der Waals surface area (Å²) in [5, 5.41) is 3.57. The Morgan fingerprint density at radius 3 is 2.24 bits per heavy atom. The first-order valence-electron chi connectivity index (χ1n) is 8.72. The number of hydrogen-bond acceptors (Lipinski definition) is 4. The van der Waals surface area contributed by atoms with Crippen molar-refractivity contribution in [3.8, 4) is 0 Å². The number of carbonyl (C=O) groups excluding carboxylic acids is 1. The largest absolute Gasteiger partial charge is 0.468 e.